The summed E-state index contributed by atoms with van der Waals surface area (Å²) in [6, 6.07) is 7.12. The van der Waals surface area contributed by atoms with Gasteiger partial charge < -0.3 is 79.1 Å². The van der Waals surface area contributed by atoms with Crippen LogP contribution < -0.4 is 18.9 Å². The van der Waals surface area contributed by atoms with Gasteiger partial charge in [0.2, 0.25) is 6.29 Å². The quantitative estimate of drug-likeness (QED) is 0.151. The van der Waals surface area contributed by atoms with E-state index in [1.165, 1.54) is 27.2 Å². The van der Waals surface area contributed by atoms with Gasteiger partial charge in [-0.2, -0.15) is 0 Å². The SMILES string of the molecule is COc1ccc([C@@H]2Oc3cc(O[C@@H]4O[C@H](CO)[C@H](O[C@@H]5O[C@@H](C)[C@H](O)[C@@H](O)[C@H]5O)[C@H](O)[C@H]4O)cc(O)c3[C@H](O)[C@H]2O)cc1OC. The molecule has 2 aromatic carbocycles. The van der Waals surface area contributed by atoms with E-state index in [0.29, 0.717) is 17.1 Å². The molecule has 3 aliphatic heterocycles. The van der Waals surface area contributed by atoms with Crippen molar-refractivity contribution in [1.82, 2.24) is 0 Å². The Bertz CT molecular complexity index is 1320. The summed E-state index contributed by atoms with van der Waals surface area (Å²) in [4.78, 5) is 0. The van der Waals surface area contributed by atoms with Crippen LogP contribution in [0.1, 0.15) is 30.3 Å². The zero-order valence-electron chi connectivity index (χ0n) is 24.5. The molecule has 13 atom stereocenters. The molecule has 0 unspecified atom stereocenters. The summed E-state index contributed by atoms with van der Waals surface area (Å²) in [6.45, 7) is 0.688. The van der Waals surface area contributed by atoms with E-state index in [9.17, 15) is 46.0 Å². The van der Waals surface area contributed by atoms with Gasteiger partial charge in [0.1, 0.15) is 72.2 Å². The number of fused-ring (bicyclic) bond motifs is 1. The van der Waals surface area contributed by atoms with Crippen LogP contribution in [0.4, 0.5) is 0 Å². The number of benzene rings is 2. The molecule has 0 spiro atoms. The predicted molar refractivity (Wildman–Crippen MR) is 148 cm³/mol. The highest BCUT2D eigenvalue weighted by molar-refractivity contribution is 5.54. The highest BCUT2D eigenvalue weighted by Gasteiger charge is 2.51. The molecule has 0 aliphatic carbocycles. The van der Waals surface area contributed by atoms with Crippen LogP contribution in [0.15, 0.2) is 30.3 Å². The number of ether oxygens (including phenoxy) is 7. The van der Waals surface area contributed by atoms with E-state index < -0.39 is 92.1 Å². The molecule has 250 valence electrons. The summed E-state index contributed by atoms with van der Waals surface area (Å²) >= 11 is 0. The molecule has 3 aliphatic rings. The fraction of sp³-hybridized carbons (Fsp3) is 0.586. The summed E-state index contributed by atoms with van der Waals surface area (Å²) in [6.07, 6.45) is -19.4. The zero-order chi connectivity index (χ0) is 32.7. The third-order valence-electron chi connectivity index (χ3n) is 8.19. The van der Waals surface area contributed by atoms with Crippen LogP contribution in [0.3, 0.4) is 0 Å². The minimum atomic E-state index is -1.81. The molecule has 9 N–H and O–H groups in total. The molecule has 3 heterocycles. The number of methoxy groups -OCH3 is 2. The molecule has 0 amide bonds. The fourth-order valence-electron chi connectivity index (χ4n) is 5.62. The molecule has 16 nitrogen and oxygen atoms in total. The van der Waals surface area contributed by atoms with Gasteiger partial charge in [-0.25, -0.2) is 0 Å². The highest BCUT2D eigenvalue weighted by Crippen LogP contribution is 2.48. The van der Waals surface area contributed by atoms with Crippen LogP contribution in [0, 0.1) is 0 Å². The number of hydrogen-bond acceptors (Lipinski definition) is 16. The van der Waals surface area contributed by atoms with Crippen molar-refractivity contribution >= 4 is 0 Å². The van der Waals surface area contributed by atoms with E-state index in [1.807, 2.05) is 0 Å². The number of aromatic hydroxyl groups is 1. The van der Waals surface area contributed by atoms with Crippen molar-refractivity contribution in [3.05, 3.63) is 41.5 Å². The van der Waals surface area contributed by atoms with Crippen molar-refractivity contribution < 1.29 is 79.1 Å². The van der Waals surface area contributed by atoms with Crippen LogP contribution >= 0.6 is 0 Å². The van der Waals surface area contributed by atoms with E-state index in [2.05, 4.69) is 0 Å². The molecule has 45 heavy (non-hydrogen) atoms. The van der Waals surface area contributed by atoms with Gasteiger partial charge in [-0.1, -0.05) is 6.07 Å². The maximum absolute atomic E-state index is 10.9. The molecule has 16 heteroatoms. The number of hydrogen-bond donors (Lipinski definition) is 9. The maximum atomic E-state index is 10.9. The Morgan fingerprint density at radius 3 is 2.11 bits per heavy atom. The summed E-state index contributed by atoms with van der Waals surface area (Å²) in [5, 5.41) is 94.5. The zero-order valence-corrected chi connectivity index (χ0v) is 24.5. The summed E-state index contributed by atoms with van der Waals surface area (Å²) < 4.78 is 38.9. The Morgan fingerprint density at radius 1 is 0.756 bits per heavy atom. The molecular weight excluding hydrogens is 604 g/mol. The fourth-order valence-corrected chi connectivity index (χ4v) is 5.62. The lowest BCUT2D eigenvalue weighted by Gasteiger charge is -2.45. The van der Waals surface area contributed by atoms with Gasteiger partial charge >= 0.3 is 0 Å². The van der Waals surface area contributed by atoms with Crippen LogP contribution in [0.5, 0.6) is 28.7 Å². The molecule has 2 aromatic rings. The summed E-state index contributed by atoms with van der Waals surface area (Å²) in [7, 11) is 2.90. The molecule has 5 rings (SSSR count). The van der Waals surface area contributed by atoms with Crippen molar-refractivity contribution in [3.63, 3.8) is 0 Å². The molecule has 2 fully saturated rings. The van der Waals surface area contributed by atoms with E-state index >= 15 is 0 Å². The minimum absolute atomic E-state index is 0.0633. The molecule has 0 aromatic heterocycles. The van der Waals surface area contributed by atoms with E-state index in [-0.39, 0.29) is 17.1 Å². The average Bonchev–Trinajstić information content (AvgIpc) is 3.03. The number of phenols is 1. The van der Waals surface area contributed by atoms with Gasteiger partial charge in [0.25, 0.3) is 0 Å². The van der Waals surface area contributed by atoms with Gasteiger partial charge in [0, 0.05) is 12.1 Å². The van der Waals surface area contributed by atoms with Crippen LogP contribution in [0.25, 0.3) is 0 Å². The second kappa shape index (κ2) is 13.4. The van der Waals surface area contributed by atoms with Gasteiger partial charge in [-0.05, 0) is 24.6 Å². The number of phenolic OH excluding ortho intramolecular Hbond substituents is 1. The van der Waals surface area contributed by atoms with Crippen molar-refractivity contribution in [2.45, 2.75) is 86.6 Å². The lowest BCUT2D eigenvalue weighted by Crippen LogP contribution is -2.64. The third kappa shape index (κ3) is 6.24. The van der Waals surface area contributed by atoms with Gasteiger partial charge in [-0.3, -0.25) is 0 Å². The molecule has 0 bridgehead atoms. The van der Waals surface area contributed by atoms with E-state index in [4.69, 9.17) is 33.2 Å². The molecular formula is C29H38O16. The number of aliphatic hydroxyl groups excluding tert-OH is 8. The smallest absolute Gasteiger partial charge is 0.229 e. The van der Waals surface area contributed by atoms with E-state index in [0.717, 1.165) is 6.07 Å². The van der Waals surface area contributed by atoms with Gasteiger partial charge in [-0.15, -0.1) is 0 Å². The predicted octanol–water partition coefficient (Wildman–Crippen LogP) is -2.03. The summed E-state index contributed by atoms with van der Waals surface area (Å²) in [5.41, 5.74) is 0.302. The average molecular weight is 643 g/mol. The van der Waals surface area contributed by atoms with Crippen molar-refractivity contribution in [1.29, 1.82) is 0 Å². The van der Waals surface area contributed by atoms with E-state index in [1.54, 1.807) is 18.2 Å². The Morgan fingerprint density at radius 2 is 1.44 bits per heavy atom. The van der Waals surface area contributed by atoms with Gasteiger partial charge in [0.15, 0.2) is 23.9 Å². The first kappa shape index (κ1) is 33.4. The topological polar surface area (TPSA) is 247 Å². The van der Waals surface area contributed by atoms with Crippen molar-refractivity contribution in [2.75, 3.05) is 20.8 Å². The summed E-state index contributed by atoms with van der Waals surface area (Å²) in [5.74, 6) is 0.0681. The second-order valence-corrected chi connectivity index (χ2v) is 11.0. The van der Waals surface area contributed by atoms with Crippen LogP contribution in [0.2, 0.25) is 0 Å². The minimum Gasteiger partial charge on any atom is -0.507 e. The Balaban J connectivity index is 1.34. The Labute approximate surface area is 257 Å². The number of aliphatic hydroxyl groups is 8. The normalized spacial score (nSPS) is 38.2. The highest BCUT2D eigenvalue weighted by atomic mass is 16.7. The second-order valence-electron chi connectivity index (χ2n) is 11.0. The lowest BCUT2D eigenvalue weighted by atomic mass is 9.91. The third-order valence-corrected chi connectivity index (χ3v) is 8.19. The number of rotatable bonds is 8. The molecule has 0 radical (unpaired) electrons. The molecule has 0 saturated carbocycles. The largest absolute Gasteiger partial charge is 0.507 e. The van der Waals surface area contributed by atoms with Crippen molar-refractivity contribution in [2.24, 2.45) is 0 Å². The first-order chi connectivity index (χ1) is 21.4. The monoisotopic (exact) mass is 642 g/mol. The lowest BCUT2D eigenvalue weighted by molar-refractivity contribution is -0.349. The standard InChI is InChI=1S/C29H38O16/c1-10-19(32)21(34)24(37)28(41-10)45-27-17(9-30)44-29(25(38)23(27)36)42-12-7-13(31)18-16(8-12)43-26(22(35)20(18)33)11-4-5-14(39-2)15(6-11)40-3/h4-8,10,17,19-38H,9H2,1-3H3/t10-,17+,19-,20-,21+,22+,23+,24+,25+,26-,27-,28-,29+/m0/s1. The Hall–Kier alpha value is -3.00. The first-order valence-electron chi connectivity index (χ1n) is 14.2. The maximum Gasteiger partial charge on any atom is 0.229 e. The van der Waals surface area contributed by atoms with Crippen molar-refractivity contribution in [3.8, 4) is 28.7 Å². The first-order valence-corrected chi connectivity index (χ1v) is 14.2. The van der Waals surface area contributed by atoms with Crippen LogP contribution in [-0.4, -0.2) is 134 Å². The van der Waals surface area contributed by atoms with Gasteiger partial charge in [0.05, 0.1) is 32.5 Å². The molecule has 2 saturated heterocycles. The Kier molecular flexibility index (Phi) is 9.93. The van der Waals surface area contributed by atoms with Crippen LogP contribution in [-0.2, 0) is 14.2 Å².